The molecule has 1 aliphatic carbocycles. The summed E-state index contributed by atoms with van der Waals surface area (Å²) in [6, 6.07) is 8.79. The Balaban J connectivity index is 0.000000356. The number of fused-ring (bicyclic) bond motifs is 1. The highest BCUT2D eigenvalue weighted by molar-refractivity contribution is 6.17. The number of rotatable bonds is 4. The molecule has 4 heterocycles. The van der Waals surface area contributed by atoms with Gasteiger partial charge in [-0.3, -0.25) is 10.1 Å². The summed E-state index contributed by atoms with van der Waals surface area (Å²) in [5.41, 5.74) is 16.8. The maximum atomic E-state index is 13.5. The van der Waals surface area contributed by atoms with Gasteiger partial charge in [0.2, 0.25) is 0 Å². The number of halogens is 1. The Labute approximate surface area is 203 Å². The lowest BCUT2D eigenvalue weighted by atomic mass is 9.97. The zero-order chi connectivity index (χ0) is 24.8. The van der Waals surface area contributed by atoms with Gasteiger partial charge in [0.15, 0.2) is 0 Å². The van der Waals surface area contributed by atoms with E-state index in [1.54, 1.807) is 31.6 Å². The van der Waals surface area contributed by atoms with Crippen LogP contribution >= 0.6 is 0 Å². The fourth-order valence-corrected chi connectivity index (χ4v) is 3.98. The number of hydrogen-bond donors (Lipinski definition) is 4. The van der Waals surface area contributed by atoms with E-state index in [0.717, 1.165) is 22.9 Å². The maximum Gasteiger partial charge on any atom is 0.144 e. The van der Waals surface area contributed by atoms with Crippen LogP contribution < -0.4 is 11.5 Å². The van der Waals surface area contributed by atoms with Crippen LogP contribution in [0.3, 0.4) is 0 Å². The molecule has 0 radical (unpaired) electrons. The topological polar surface area (TPSA) is 143 Å². The molecular weight excluding hydrogens is 443 g/mol. The van der Waals surface area contributed by atoms with Gasteiger partial charge in [-0.1, -0.05) is 19.3 Å². The van der Waals surface area contributed by atoms with Crippen molar-refractivity contribution in [1.82, 2.24) is 25.1 Å². The van der Waals surface area contributed by atoms with Gasteiger partial charge in [0, 0.05) is 41.4 Å². The zero-order valence-electron chi connectivity index (χ0n) is 19.6. The third kappa shape index (κ3) is 5.75. The van der Waals surface area contributed by atoms with Crippen LogP contribution in [-0.2, 0) is 0 Å². The average molecular weight is 473 g/mol. The van der Waals surface area contributed by atoms with Crippen molar-refractivity contribution in [1.29, 1.82) is 5.41 Å². The van der Waals surface area contributed by atoms with Crippen molar-refractivity contribution < 1.29 is 4.39 Å². The molecule has 5 rings (SSSR count). The van der Waals surface area contributed by atoms with Crippen molar-refractivity contribution in [3.8, 4) is 11.1 Å². The standard InChI is InChI=1S/C20H16FN7.C6H13N/c1-11-15(21)2-3-18(27-11)20(23)14(7-22)16-4-5-17-19(28-16)6-12(8-24-17)13-9-25-26-10-13;7-6-4-2-1-3-5-6/h2-10,22H,23H2,1H3,(H,25,26);6H,1-5,7H2/b20-14+,22-7?;. The molecule has 9 heteroatoms. The molecule has 4 aromatic rings. The third-order valence-electron chi connectivity index (χ3n) is 6.03. The molecule has 1 fully saturated rings. The summed E-state index contributed by atoms with van der Waals surface area (Å²) in [7, 11) is 0. The molecule has 0 spiro atoms. The normalized spacial score (nSPS) is 14.7. The van der Waals surface area contributed by atoms with Crippen LogP contribution in [0, 0.1) is 18.2 Å². The number of aromatic amines is 1. The molecule has 0 aromatic carbocycles. The Kier molecular flexibility index (Phi) is 7.57. The lowest BCUT2D eigenvalue weighted by Crippen LogP contribution is -2.22. The van der Waals surface area contributed by atoms with Crippen LogP contribution in [-0.4, -0.2) is 37.4 Å². The van der Waals surface area contributed by atoms with Gasteiger partial charge in [0.25, 0.3) is 0 Å². The van der Waals surface area contributed by atoms with Gasteiger partial charge < -0.3 is 16.9 Å². The summed E-state index contributed by atoms with van der Waals surface area (Å²) in [5, 5.41) is 14.5. The summed E-state index contributed by atoms with van der Waals surface area (Å²) in [6.45, 7) is 1.56. The summed E-state index contributed by atoms with van der Waals surface area (Å²) in [6.07, 6.45) is 13.0. The van der Waals surface area contributed by atoms with Crippen molar-refractivity contribution in [2.75, 3.05) is 0 Å². The maximum absolute atomic E-state index is 13.5. The van der Waals surface area contributed by atoms with Gasteiger partial charge in [0.1, 0.15) is 5.82 Å². The zero-order valence-corrected chi connectivity index (χ0v) is 19.6. The predicted octanol–water partition coefficient (Wildman–Crippen LogP) is 4.62. The molecule has 35 heavy (non-hydrogen) atoms. The van der Waals surface area contributed by atoms with Crippen LogP contribution in [0.5, 0.6) is 0 Å². The van der Waals surface area contributed by atoms with Crippen LogP contribution in [0.15, 0.2) is 48.9 Å². The molecule has 0 bridgehead atoms. The minimum Gasteiger partial charge on any atom is -0.396 e. The SMILES string of the molecule is Cc1nc(/C(N)=C(/C=N)c2ccc3ncc(-c4cn[nH]c4)cc3n2)ccc1F.NC1CCCCC1. The highest BCUT2D eigenvalue weighted by Gasteiger charge is 2.12. The van der Waals surface area contributed by atoms with Crippen molar-refractivity contribution in [2.45, 2.75) is 45.1 Å². The number of pyridine rings is 3. The second-order valence-electron chi connectivity index (χ2n) is 8.58. The van der Waals surface area contributed by atoms with Gasteiger partial charge in [-0.15, -0.1) is 0 Å². The minimum absolute atomic E-state index is 0.241. The molecule has 0 saturated heterocycles. The second-order valence-corrected chi connectivity index (χ2v) is 8.58. The summed E-state index contributed by atoms with van der Waals surface area (Å²) in [5.74, 6) is -0.408. The number of H-pyrrole nitrogens is 1. The second kappa shape index (κ2) is 11.0. The molecule has 1 saturated carbocycles. The molecule has 180 valence electrons. The van der Waals surface area contributed by atoms with Crippen molar-refractivity contribution in [3.05, 3.63) is 71.8 Å². The van der Waals surface area contributed by atoms with E-state index in [1.807, 2.05) is 12.1 Å². The highest BCUT2D eigenvalue weighted by atomic mass is 19.1. The predicted molar refractivity (Wildman–Crippen MR) is 137 cm³/mol. The summed E-state index contributed by atoms with van der Waals surface area (Å²) in [4.78, 5) is 13.2. The van der Waals surface area contributed by atoms with Gasteiger partial charge in [-0.05, 0) is 50.1 Å². The van der Waals surface area contributed by atoms with Crippen LogP contribution in [0.25, 0.3) is 33.4 Å². The van der Waals surface area contributed by atoms with Crippen LogP contribution in [0.4, 0.5) is 4.39 Å². The molecule has 4 aromatic heterocycles. The van der Waals surface area contributed by atoms with E-state index in [2.05, 4.69) is 25.1 Å². The van der Waals surface area contributed by atoms with E-state index in [0.29, 0.717) is 28.5 Å². The summed E-state index contributed by atoms with van der Waals surface area (Å²) < 4.78 is 13.5. The quantitative estimate of drug-likeness (QED) is 0.319. The molecule has 8 nitrogen and oxygen atoms in total. The molecule has 0 unspecified atom stereocenters. The van der Waals surface area contributed by atoms with Crippen molar-refractivity contribution >= 4 is 28.5 Å². The number of hydrogen-bond acceptors (Lipinski definition) is 7. The molecular formula is C26H29FN8. The first-order valence-corrected chi connectivity index (χ1v) is 11.6. The number of aromatic nitrogens is 5. The lowest BCUT2D eigenvalue weighted by Gasteiger charge is -2.15. The Morgan fingerprint density at radius 3 is 2.43 bits per heavy atom. The van der Waals surface area contributed by atoms with Gasteiger partial charge in [-0.25, -0.2) is 14.4 Å². The molecule has 6 N–H and O–H groups in total. The van der Waals surface area contributed by atoms with E-state index in [4.69, 9.17) is 16.9 Å². The van der Waals surface area contributed by atoms with Crippen LogP contribution in [0.1, 0.15) is 49.2 Å². The van der Waals surface area contributed by atoms with E-state index in [9.17, 15) is 4.39 Å². The van der Waals surface area contributed by atoms with E-state index in [1.165, 1.54) is 44.2 Å². The number of nitrogens with one attached hydrogen (secondary N) is 2. The Bertz CT molecular complexity index is 1340. The first-order valence-electron chi connectivity index (χ1n) is 11.6. The van der Waals surface area contributed by atoms with E-state index >= 15 is 0 Å². The Morgan fingerprint density at radius 1 is 1.03 bits per heavy atom. The van der Waals surface area contributed by atoms with Gasteiger partial charge in [0.05, 0.1) is 40.0 Å². The molecule has 1 aliphatic rings. The largest absolute Gasteiger partial charge is 0.396 e. The smallest absolute Gasteiger partial charge is 0.144 e. The minimum atomic E-state index is -0.408. The third-order valence-corrected chi connectivity index (χ3v) is 6.03. The van der Waals surface area contributed by atoms with Crippen LogP contribution in [0.2, 0.25) is 0 Å². The Morgan fingerprint density at radius 2 is 1.80 bits per heavy atom. The number of nitrogens with zero attached hydrogens (tertiary/aromatic N) is 4. The monoisotopic (exact) mass is 472 g/mol. The van der Waals surface area contributed by atoms with Gasteiger partial charge >= 0.3 is 0 Å². The number of aryl methyl sites for hydroxylation is 1. The van der Waals surface area contributed by atoms with E-state index < -0.39 is 5.82 Å². The number of nitrogens with two attached hydrogens (primary N) is 2. The fraction of sp³-hybridized carbons (Fsp3) is 0.269. The van der Waals surface area contributed by atoms with Gasteiger partial charge in [-0.2, -0.15) is 5.10 Å². The average Bonchev–Trinajstić information content (AvgIpc) is 3.42. The number of allylic oxidation sites excluding steroid dienone is 1. The van der Waals surface area contributed by atoms with Crippen molar-refractivity contribution in [3.63, 3.8) is 0 Å². The highest BCUT2D eigenvalue weighted by Crippen LogP contribution is 2.24. The molecule has 0 aliphatic heterocycles. The summed E-state index contributed by atoms with van der Waals surface area (Å²) >= 11 is 0. The fourth-order valence-electron chi connectivity index (χ4n) is 3.98. The Hall–Kier alpha value is -3.98. The van der Waals surface area contributed by atoms with Crippen molar-refractivity contribution in [2.24, 2.45) is 11.5 Å². The first-order chi connectivity index (χ1) is 17.0. The molecule has 0 amide bonds. The van der Waals surface area contributed by atoms with E-state index in [-0.39, 0.29) is 11.4 Å². The molecule has 0 atom stereocenters. The first kappa shape index (κ1) is 24.2. The lowest BCUT2D eigenvalue weighted by molar-refractivity contribution is 0.441.